The number of ether oxygens (including phenoxy) is 20. The Morgan fingerprint density at radius 3 is 1.07 bits per heavy atom. The first-order valence-corrected chi connectivity index (χ1v) is 41.4. The lowest BCUT2D eigenvalue weighted by Crippen LogP contribution is -2.71. The van der Waals surface area contributed by atoms with Crippen LogP contribution < -0.4 is 21.3 Å². The lowest BCUT2D eigenvalue weighted by atomic mass is 9.87. The van der Waals surface area contributed by atoms with Gasteiger partial charge in [-0.25, -0.2) is 0 Å². The summed E-state index contributed by atoms with van der Waals surface area (Å²) in [6, 6.07) is -7.13. The molecule has 746 valence electrons. The van der Waals surface area contributed by atoms with Gasteiger partial charge in [-0.05, 0) is 6.92 Å². The average molecular weight is 1890 g/mol. The molecule has 0 aromatic carbocycles. The second kappa shape index (κ2) is 46.6. The van der Waals surface area contributed by atoms with E-state index in [0.29, 0.717) is 0 Å². The number of carbonyl (C=O) groups is 5. The predicted molar refractivity (Wildman–Crippen MR) is 399 cm³/mol. The van der Waals surface area contributed by atoms with Gasteiger partial charge in [-0.3, -0.25) is 24.0 Å². The van der Waals surface area contributed by atoms with Gasteiger partial charge in [0, 0.05) is 33.6 Å². The van der Waals surface area contributed by atoms with Gasteiger partial charge in [0.15, 0.2) is 50.3 Å². The molecule has 0 spiro atoms. The van der Waals surface area contributed by atoms with Crippen LogP contribution in [0.15, 0.2) is 0 Å². The Labute approximate surface area is 732 Å². The molecule has 0 bridgehead atoms. The van der Waals surface area contributed by atoms with Crippen molar-refractivity contribution in [2.75, 3.05) is 66.1 Å². The number of carbonyl (C=O) groups excluding carboxylic acids is 5. The van der Waals surface area contributed by atoms with Gasteiger partial charge in [0.1, 0.15) is 226 Å². The van der Waals surface area contributed by atoms with E-state index in [4.69, 9.17) is 94.7 Å². The first kappa shape index (κ1) is 107. The van der Waals surface area contributed by atoms with E-state index in [9.17, 15) is 162 Å². The van der Waals surface area contributed by atoms with Crippen LogP contribution in [0.25, 0.3) is 0 Å². The summed E-state index contributed by atoms with van der Waals surface area (Å²) in [4.78, 5) is 63.5. The molecule has 0 aliphatic carbocycles. The highest BCUT2D eigenvalue weighted by molar-refractivity contribution is 5.74. The molecule has 10 aliphatic heterocycles. The zero-order valence-electron chi connectivity index (χ0n) is 70.0. The Bertz CT molecular complexity index is 3520. The SMILES string of the molecule is CC(=O)NC1C(O)[C@H](O[C@@H]2OC(CO[C@]3(OC=O)CC(O)[C@@H](C)C([C@@H](O)C(O)CO)O3)[C@H](O)[C@H](O)C2O)C(CO)O[C@H]1OC1[C@@H](OCC2O[C@@H](O[C@@H]3C(CO)O[C@@H](O[C@@H]4C(CO)O[C@@H](C)C(NC(C)=O)[C@H]4O)C(NC(C)=O)[C@H]3O)C(O)[C@@H](O[C@H]3O[C@@H](CO)C(O)C(O)C3O[C@@H]3OC(CO)[C@@H](O[C@@H]4OC(CO)[C@H](O)[C@H](O)C4O)[C@H](O)C3NC(C)=O)[C@@H]2O)OC(CO)[C@@H](O)[C@@H]1O. The van der Waals surface area contributed by atoms with E-state index in [1.165, 1.54) is 13.8 Å². The molecule has 10 rings (SSSR count). The van der Waals surface area contributed by atoms with Crippen molar-refractivity contribution in [2.45, 2.75) is 354 Å². The van der Waals surface area contributed by atoms with Crippen molar-refractivity contribution >= 4 is 30.1 Å². The molecule has 10 heterocycles. The van der Waals surface area contributed by atoms with Crippen molar-refractivity contribution in [2.24, 2.45) is 5.92 Å². The van der Waals surface area contributed by atoms with Crippen LogP contribution in [0.3, 0.4) is 0 Å². The maximum atomic E-state index is 13.2. The minimum atomic E-state index is -2.66. The summed E-state index contributed by atoms with van der Waals surface area (Å²) < 4.78 is 119. The monoisotopic (exact) mass is 1890 g/mol. The van der Waals surface area contributed by atoms with Gasteiger partial charge in [0.05, 0.1) is 96.8 Å². The second-order valence-corrected chi connectivity index (χ2v) is 33.0. The molecule has 56 nitrogen and oxygen atoms in total. The molecule has 0 saturated carbocycles. The predicted octanol–water partition coefficient (Wildman–Crippen LogP) is -20.6. The van der Waals surface area contributed by atoms with Crippen LogP contribution in [0.2, 0.25) is 0 Å². The van der Waals surface area contributed by atoms with Crippen LogP contribution >= 0.6 is 0 Å². The van der Waals surface area contributed by atoms with Crippen LogP contribution in [0.1, 0.15) is 48.0 Å². The molecule has 10 aliphatic rings. The fraction of sp³-hybridized carbons (Fsp3) is 0.932. The van der Waals surface area contributed by atoms with Gasteiger partial charge in [-0.2, -0.15) is 0 Å². The third-order valence-electron chi connectivity index (χ3n) is 24.0. The Balaban J connectivity index is 0.954. The van der Waals surface area contributed by atoms with Gasteiger partial charge in [0.25, 0.3) is 6.47 Å². The van der Waals surface area contributed by atoms with Gasteiger partial charge in [0.2, 0.25) is 23.6 Å². The van der Waals surface area contributed by atoms with E-state index in [2.05, 4.69) is 21.3 Å². The van der Waals surface area contributed by atoms with Crippen molar-refractivity contribution in [1.82, 2.24) is 21.3 Å². The minimum Gasteiger partial charge on any atom is -0.410 e. The molecule has 56 heteroatoms. The van der Waals surface area contributed by atoms with Crippen molar-refractivity contribution in [3.63, 3.8) is 0 Å². The van der Waals surface area contributed by atoms with E-state index in [-0.39, 0.29) is 6.47 Å². The zero-order valence-corrected chi connectivity index (χ0v) is 70.0. The van der Waals surface area contributed by atoms with Gasteiger partial charge < -0.3 is 254 Å². The van der Waals surface area contributed by atoms with Gasteiger partial charge in [-0.15, -0.1) is 0 Å². The number of rotatable bonds is 36. The van der Waals surface area contributed by atoms with Crippen LogP contribution in [-0.2, 0) is 119 Å². The van der Waals surface area contributed by atoms with Crippen LogP contribution in [0.4, 0.5) is 0 Å². The number of aliphatic hydroxyl groups excluding tert-OH is 27. The molecule has 23 unspecified atom stereocenters. The number of nitrogens with one attached hydrogen (secondary N) is 4. The summed E-state index contributed by atoms with van der Waals surface area (Å²) in [7, 11) is 0. The second-order valence-electron chi connectivity index (χ2n) is 33.0. The highest BCUT2D eigenvalue weighted by Crippen LogP contribution is 2.43. The van der Waals surface area contributed by atoms with E-state index in [0.717, 1.165) is 27.7 Å². The molecule has 51 atom stereocenters. The lowest BCUT2D eigenvalue weighted by Gasteiger charge is -2.51. The molecular formula is C73H122N4O52. The van der Waals surface area contributed by atoms with Gasteiger partial charge >= 0.3 is 5.97 Å². The molecule has 10 fully saturated rings. The van der Waals surface area contributed by atoms with Crippen LogP contribution in [0.5, 0.6) is 0 Å². The van der Waals surface area contributed by atoms with Crippen molar-refractivity contribution in [3.05, 3.63) is 0 Å². The highest BCUT2D eigenvalue weighted by atomic mass is 16.9. The molecule has 0 aromatic rings. The molecule has 0 radical (unpaired) electrons. The molecule has 4 amide bonds. The summed E-state index contributed by atoms with van der Waals surface area (Å²) in [5.41, 5.74) is 0. The Hall–Kier alpha value is -4.49. The summed E-state index contributed by atoms with van der Waals surface area (Å²) in [5, 5.41) is 312. The van der Waals surface area contributed by atoms with Crippen LogP contribution in [-0.4, -0.2) is 540 Å². The third-order valence-corrected chi connectivity index (χ3v) is 24.0. The van der Waals surface area contributed by atoms with E-state index in [1.54, 1.807) is 0 Å². The summed E-state index contributed by atoms with van der Waals surface area (Å²) >= 11 is 0. The zero-order chi connectivity index (χ0) is 95.1. The number of hydrogen-bond acceptors (Lipinski definition) is 52. The topological polar surface area (TPSA) is 864 Å². The molecule has 31 N–H and O–H groups in total. The fourth-order valence-electron chi connectivity index (χ4n) is 16.9. The van der Waals surface area contributed by atoms with E-state index in [1.807, 2.05) is 0 Å². The van der Waals surface area contributed by atoms with Crippen LogP contribution in [0, 0.1) is 5.92 Å². The molecule has 0 aromatic heterocycles. The van der Waals surface area contributed by atoms with Crippen molar-refractivity contribution < 1.29 is 257 Å². The largest absolute Gasteiger partial charge is 0.410 e. The minimum absolute atomic E-state index is 0.192. The summed E-state index contributed by atoms with van der Waals surface area (Å²) in [6.07, 6.45) is -93.9. The average Bonchev–Trinajstić information content (AvgIpc) is 0.804. The molecule has 10 saturated heterocycles. The molecular weight excluding hydrogens is 1760 g/mol. The lowest BCUT2D eigenvalue weighted by molar-refractivity contribution is -0.424. The third kappa shape index (κ3) is 23.9. The number of amides is 4. The first-order valence-electron chi connectivity index (χ1n) is 41.4. The smallest absolute Gasteiger partial charge is 0.332 e. The van der Waals surface area contributed by atoms with E-state index >= 15 is 0 Å². The normalized spacial score (nSPS) is 48.1. The van der Waals surface area contributed by atoms with Crippen molar-refractivity contribution in [3.8, 4) is 0 Å². The van der Waals surface area contributed by atoms with Crippen molar-refractivity contribution in [1.29, 1.82) is 0 Å². The first-order chi connectivity index (χ1) is 61.0. The Morgan fingerprint density at radius 2 is 0.667 bits per heavy atom. The maximum Gasteiger partial charge on any atom is 0.332 e. The summed E-state index contributed by atoms with van der Waals surface area (Å²) in [6.45, 7) is -4.52. The van der Waals surface area contributed by atoms with E-state index < -0.39 is 408 Å². The standard InChI is InChI=1S/C73H122N4O52/c1-19-25(91)7-73(112-18-86,129-57(19)40(93)26(92)8-78)111-17-35-44(97)51(104)55(108)69(121-35)124-60-32(14-84)118-66(38(48(60)101)76-23(5)89)127-63-52(105)42(95)28(10-80)115-71(63)110-16-34-45(98)62(56(109)70(120-34)125-61-33(15-85)117-65(37(47(61)100)75-22(4)88)122-58-30(12-82)113-20(2)36(46(58)99)74-21(3)87)126-72-64(53(106)43(96)29(11-81)116-72)128-67-39(77-24(6)90)49(102)59(31(13-83)119-67)123-68-54(107)50(103)41(94)27(9-79)114-68/h18-20,25-72,78-85,91-109H,7-17H2,1-6H3,(H,74,87)(H,75,88)(H,76,89)(H,77,90)/t19-,20+,25?,26?,27?,28?,29+,30?,31?,32?,33?,34?,35?,36?,37?,38?,39?,40+,41+,42-,43?,44+,45-,46-,47-,48?,49-,50+,51+,52+,53?,54?,55?,56?,57?,58-,59-,60-,61-,62+,63?,64?,65+,66+,67+,68+,69+,70+,71+,72-,73+/m1/s1. The Morgan fingerprint density at radius 1 is 0.349 bits per heavy atom. The van der Waals surface area contributed by atoms with Gasteiger partial charge in [-0.1, -0.05) is 6.92 Å². The number of aliphatic hydroxyl groups is 27. The maximum absolute atomic E-state index is 13.2. The molecule has 129 heavy (non-hydrogen) atoms. The summed E-state index contributed by atoms with van der Waals surface area (Å²) in [5.74, 6) is -7.25. The highest BCUT2D eigenvalue weighted by Gasteiger charge is 2.62. The Kier molecular flexibility index (Phi) is 38.5. The quantitative estimate of drug-likeness (QED) is 0.0205. The number of hydrogen-bond donors (Lipinski definition) is 31. The fourth-order valence-corrected chi connectivity index (χ4v) is 16.9.